The number of rotatable bonds is 4. The molecule has 134 valence electrons. The number of amidine groups is 1. The Kier molecular flexibility index (Phi) is 3.82. The van der Waals surface area contributed by atoms with Crippen LogP contribution in [0.25, 0.3) is 11.3 Å². The van der Waals surface area contributed by atoms with Gasteiger partial charge < -0.3 is 11.1 Å². The lowest BCUT2D eigenvalue weighted by atomic mass is 9.81. The second-order valence-electron chi connectivity index (χ2n) is 6.66. The smallest absolute Gasteiger partial charge is 0.248 e. The van der Waals surface area contributed by atoms with Crippen LogP contribution in [0, 0.1) is 11.3 Å². The Morgan fingerprint density at radius 2 is 2.15 bits per heavy atom. The third kappa shape index (κ3) is 2.98. The summed E-state index contributed by atoms with van der Waals surface area (Å²) in [5.74, 6) is -2.35. The van der Waals surface area contributed by atoms with Gasteiger partial charge in [0.2, 0.25) is 5.92 Å². The molecule has 1 saturated carbocycles. The Hall–Kier alpha value is -3.03. The lowest BCUT2D eigenvalue weighted by Crippen LogP contribution is -2.40. The van der Waals surface area contributed by atoms with Crippen molar-refractivity contribution in [1.29, 1.82) is 5.41 Å². The summed E-state index contributed by atoms with van der Waals surface area (Å²) in [6.07, 6.45) is 3.15. The Balaban J connectivity index is 1.52. The summed E-state index contributed by atoms with van der Waals surface area (Å²) in [6, 6.07) is 7.38. The fourth-order valence-electron chi connectivity index (χ4n) is 3.28. The zero-order chi connectivity index (χ0) is 18.3. The van der Waals surface area contributed by atoms with Crippen molar-refractivity contribution in [2.24, 2.45) is 16.6 Å². The molecule has 6 nitrogen and oxygen atoms in total. The summed E-state index contributed by atoms with van der Waals surface area (Å²) < 4.78 is 25.7. The predicted octanol–water partition coefficient (Wildman–Crippen LogP) is 2.97. The molecule has 8 heteroatoms. The minimum absolute atomic E-state index is 0.0542. The first-order chi connectivity index (χ1) is 12.4. The zero-order valence-electron chi connectivity index (χ0n) is 13.9. The van der Waals surface area contributed by atoms with Crippen LogP contribution >= 0.6 is 0 Å². The van der Waals surface area contributed by atoms with Gasteiger partial charge in [0, 0.05) is 42.9 Å². The molecule has 0 unspecified atom stereocenters. The van der Waals surface area contributed by atoms with Gasteiger partial charge in [0.1, 0.15) is 5.84 Å². The van der Waals surface area contributed by atoms with E-state index < -0.39 is 5.92 Å². The van der Waals surface area contributed by atoms with Crippen LogP contribution in [-0.4, -0.2) is 34.2 Å². The van der Waals surface area contributed by atoms with Crippen LogP contribution in [0.1, 0.15) is 18.4 Å². The Morgan fingerprint density at radius 1 is 1.35 bits per heavy atom. The fraction of sp³-hybridized carbons (Fsp3) is 0.278. The summed E-state index contributed by atoms with van der Waals surface area (Å²) in [7, 11) is 0. The number of halogens is 2. The highest BCUT2D eigenvalue weighted by Crippen LogP contribution is 2.41. The summed E-state index contributed by atoms with van der Waals surface area (Å²) in [5.41, 5.74) is 9.69. The number of hydrogen-bond acceptors (Lipinski definition) is 5. The maximum Gasteiger partial charge on any atom is 0.248 e. The molecule has 1 aromatic heterocycles. The van der Waals surface area contributed by atoms with E-state index in [9.17, 15) is 8.78 Å². The van der Waals surface area contributed by atoms with Gasteiger partial charge in [-0.25, -0.2) is 13.8 Å². The number of aliphatic imine (C=N–C) groups is 1. The highest BCUT2D eigenvalue weighted by Gasteiger charge is 2.44. The van der Waals surface area contributed by atoms with Crippen LogP contribution in [0.15, 0.2) is 47.2 Å². The van der Waals surface area contributed by atoms with Crippen molar-refractivity contribution in [2.45, 2.75) is 18.8 Å². The summed E-state index contributed by atoms with van der Waals surface area (Å²) in [5, 5.41) is 18.3. The average molecular weight is 356 g/mol. The number of alkyl halides is 2. The van der Waals surface area contributed by atoms with Gasteiger partial charge in [0.15, 0.2) is 0 Å². The molecular formula is C18H18F2N6. The zero-order valence-corrected chi connectivity index (χ0v) is 13.9. The lowest BCUT2D eigenvalue weighted by Gasteiger charge is -2.34. The molecule has 1 aliphatic heterocycles. The second kappa shape index (κ2) is 6.05. The van der Waals surface area contributed by atoms with E-state index in [1.54, 1.807) is 12.4 Å². The van der Waals surface area contributed by atoms with E-state index in [0.717, 1.165) is 11.3 Å². The quantitative estimate of drug-likeness (QED) is 0.677. The number of benzene rings is 1. The molecule has 5 N–H and O–H groups in total. The van der Waals surface area contributed by atoms with Crippen molar-refractivity contribution in [3.05, 3.63) is 47.8 Å². The Bertz CT molecular complexity index is 906. The lowest BCUT2D eigenvalue weighted by molar-refractivity contribution is -0.108. The number of nitrogens with one attached hydrogen (secondary N) is 3. The van der Waals surface area contributed by atoms with Crippen LogP contribution < -0.4 is 11.1 Å². The number of nitrogens with two attached hydrogens (primary N) is 1. The number of nitrogens with zero attached hydrogens (tertiary/aromatic N) is 2. The van der Waals surface area contributed by atoms with Crippen LogP contribution in [0.3, 0.4) is 0 Å². The van der Waals surface area contributed by atoms with E-state index >= 15 is 0 Å². The Morgan fingerprint density at radius 3 is 2.85 bits per heavy atom. The van der Waals surface area contributed by atoms with Gasteiger partial charge in [-0.05, 0) is 24.1 Å². The maximum absolute atomic E-state index is 12.9. The number of hydrogen-bond donors (Lipinski definition) is 4. The number of H-pyrrole nitrogens is 1. The van der Waals surface area contributed by atoms with Crippen LogP contribution in [0.5, 0.6) is 0 Å². The first kappa shape index (κ1) is 16.4. The predicted molar refractivity (Wildman–Crippen MR) is 95.9 cm³/mol. The molecule has 0 atom stereocenters. The summed E-state index contributed by atoms with van der Waals surface area (Å²) in [4.78, 5) is 4.39. The largest absolute Gasteiger partial charge is 0.390 e. The highest BCUT2D eigenvalue weighted by molar-refractivity contribution is 6.32. The fourth-order valence-corrected chi connectivity index (χ4v) is 3.28. The maximum atomic E-state index is 12.9. The monoisotopic (exact) mass is 356 g/mol. The SMILES string of the molecule is N=C1/C(=C\NCC2CC(F)(F)C2)C(N)=Nc2cc(-c3cc[nH]n3)ccc21. The highest BCUT2D eigenvalue weighted by atomic mass is 19.3. The Labute approximate surface area is 148 Å². The van der Waals surface area contributed by atoms with Crippen molar-refractivity contribution in [1.82, 2.24) is 15.5 Å². The van der Waals surface area contributed by atoms with E-state index in [1.165, 1.54) is 0 Å². The first-order valence-electron chi connectivity index (χ1n) is 8.32. The standard InChI is InChI=1S/C18H18F2N6/c19-18(20)6-10(7-18)8-23-9-13-16(21)12-2-1-11(14-3-4-24-26-14)5-15(12)25-17(13)22/h1-5,9-10,21,23H,6-8H2,(H2,22,25)(H,24,26)/b13-9+,21-16?. The molecule has 0 radical (unpaired) electrons. The molecule has 1 fully saturated rings. The summed E-state index contributed by atoms with van der Waals surface area (Å²) in [6.45, 7) is 0.435. The molecule has 0 spiro atoms. The molecule has 1 aliphatic carbocycles. The molecule has 26 heavy (non-hydrogen) atoms. The van der Waals surface area contributed by atoms with Gasteiger partial charge in [-0.1, -0.05) is 6.07 Å². The van der Waals surface area contributed by atoms with Crippen LogP contribution in [-0.2, 0) is 0 Å². The average Bonchev–Trinajstić information content (AvgIpc) is 3.10. The van der Waals surface area contributed by atoms with Gasteiger partial charge in [-0.3, -0.25) is 10.5 Å². The van der Waals surface area contributed by atoms with E-state index in [0.29, 0.717) is 23.4 Å². The third-order valence-electron chi connectivity index (χ3n) is 4.68. The minimum atomic E-state index is -2.53. The summed E-state index contributed by atoms with van der Waals surface area (Å²) >= 11 is 0. The molecule has 2 aromatic rings. The van der Waals surface area contributed by atoms with Crippen molar-refractivity contribution in [3.63, 3.8) is 0 Å². The van der Waals surface area contributed by atoms with Crippen molar-refractivity contribution in [3.8, 4) is 11.3 Å². The molecule has 2 heterocycles. The van der Waals surface area contributed by atoms with Crippen LogP contribution in [0.4, 0.5) is 14.5 Å². The van der Waals surface area contributed by atoms with E-state index in [2.05, 4.69) is 20.5 Å². The second-order valence-corrected chi connectivity index (χ2v) is 6.66. The molecule has 2 aliphatic rings. The molecule has 4 rings (SSSR count). The first-order valence-corrected chi connectivity index (χ1v) is 8.32. The number of aromatic nitrogens is 2. The third-order valence-corrected chi connectivity index (χ3v) is 4.68. The van der Waals surface area contributed by atoms with Crippen molar-refractivity contribution >= 4 is 17.2 Å². The van der Waals surface area contributed by atoms with E-state index in [1.807, 2.05) is 24.3 Å². The van der Waals surface area contributed by atoms with Gasteiger partial charge in [0.25, 0.3) is 0 Å². The van der Waals surface area contributed by atoms with Crippen LogP contribution in [0.2, 0.25) is 0 Å². The molecule has 0 saturated heterocycles. The van der Waals surface area contributed by atoms with E-state index in [4.69, 9.17) is 11.1 Å². The molecule has 0 bridgehead atoms. The van der Waals surface area contributed by atoms with Gasteiger partial charge in [-0.2, -0.15) is 5.10 Å². The molecule has 0 amide bonds. The topological polar surface area (TPSA) is 103 Å². The van der Waals surface area contributed by atoms with Gasteiger partial charge >= 0.3 is 0 Å². The minimum Gasteiger partial charge on any atom is -0.390 e. The van der Waals surface area contributed by atoms with Crippen molar-refractivity contribution < 1.29 is 8.78 Å². The number of aromatic amines is 1. The van der Waals surface area contributed by atoms with E-state index in [-0.39, 0.29) is 30.3 Å². The normalized spacial score (nSPS) is 20.5. The molecule has 1 aromatic carbocycles. The van der Waals surface area contributed by atoms with Crippen molar-refractivity contribution in [2.75, 3.05) is 6.54 Å². The molecular weight excluding hydrogens is 338 g/mol. The van der Waals surface area contributed by atoms with Gasteiger partial charge in [0.05, 0.1) is 22.7 Å². The van der Waals surface area contributed by atoms with Gasteiger partial charge in [-0.15, -0.1) is 0 Å². The number of fused-ring (bicyclic) bond motifs is 1.